The van der Waals surface area contributed by atoms with Crippen LogP contribution in [0.15, 0.2) is 47.6 Å². The molecule has 2 aliphatic carbocycles. The van der Waals surface area contributed by atoms with E-state index in [1.54, 1.807) is 13.2 Å². The molecule has 1 heterocycles. The molecule has 4 rings (SSSR count). The standard InChI is InChI=1S/C25H29F2N3O5S/c1-34-9-2-10-35-24-15-28-23(14-29-24)30-25(31)20(11-16-12-21(26)22(27)13-16)17-3-5-18(6-4-17)36(32,33)19-7-8-19/h3-6,11,14-16,19,21-22H,2,7-10,12-13H2,1H3,(H,28,30,31)/b20-11+. The van der Waals surface area contributed by atoms with E-state index in [9.17, 15) is 22.0 Å². The Labute approximate surface area is 209 Å². The first-order valence-electron chi connectivity index (χ1n) is 11.9. The zero-order chi connectivity index (χ0) is 25.7. The van der Waals surface area contributed by atoms with Crippen LogP contribution in [-0.2, 0) is 19.4 Å². The predicted octanol–water partition coefficient (Wildman–Crippen LogP) is 3.94. The van der Waals surface area contributed by atoms with Crippen LogP contribution in [0.25, 0.3) is 5.57 Å². The third-order valence-electron chi connectivity index (χ3n) is 6.16. The van der Waals surface area contributed by atoms with Gasteiger partial charge in [0.1, 0.15) is 12.3 Å². The fourth-order valence-corrected chi connectivity index (χ4v) is 5.72. The first-order chi connectivity index (χ1) is 17.3. The minimum absolute atomic E-state index is 0.0268. The average molecular weight is 522 g/mol. The monoisotopic (exact) mass is 521 g/mol. The van der Waals surface area contributed by atoms with E-state index in [0.717, 1.165) is 0 Å². The van der Waals surface area contributed by atoms with E-state index in [1.807, 2.05) is 0 Å². The Morgan fingerprint density at radius 3 is 2.36 bits per heavy atom. The van der Waals surface area contributed by atoms with Gasteiger partial charge in [0.25, 0.3) is 5.91 Å². The van der Waals surface area contributed by atoms with Gasteiger partial charge >= 0.3 is 0 Å². The third-order valence-corrected chi connectivity index (χ3v) is 8.44. The Hall–Kier alpha value is -2.92. The smallest absolute Gasteiger partial charge is 0.257 e. The van der Waals surface area contributed by atoms with Crippen LogP contribution in [-0.4, -0.2) is 62.2 Å². The largest absolute Gasteiger partial charge is 0.476 e. The summed E-state index contributed by atoms with van der Waals surface area (Å²) in [5, 5.41) is 2.30. The van der Waals surface area contributed by atoms with E-state index < -0.39 is 34.0 Å². The summed E-state index contributed by atoms with van der Waals surface area (Å²) in [7, 11) is -1.78. The second-order valence-electron chi connectivity index (χ2n) is 9.00. The number of allylic oxidation sites excluding steroid dienone is 1. The molecule has 0 aliphatic heterocycles. The summed E-state index contributed by atoms with van der Waals surface area (Å²) < 4.78 is 63.0. The van der Waals surface area contributed by atoms with Crippen LogP contribution in [0.4, 0.5) is 14.6 Å². The number of carbonyl (C=O) groups excluding carboxylic acids is 1. The average Bonchev–Trinajstić information content (AvgIpc) is 3.68. The molecule has 1 amide bonds. The molecule has 2 saturated carbocycles. The van der Waals surface area contributed by atoms with Crippen LogP contribution in [0, 0.1) is 5.92 Å². The van der Waals surface area contributed by atoms with Gasteiger partial charge in [-0.3, -0.25) is 4.79 Å². The summed E-state index contributed by atoms with van der Waals surface area (Å²) in [4.78, 5) is 21.6. The molecule has 1 aromatic heterocycles. The van der Waals surface area contributed by atoms with Gasteiger partial charge in [-0.15, -0.1) is 0 Å². The van der Waals surface area contributed by atoms with Gasteiger partial charge in [0.15, 0.2) is 15.7 Å². The number of nitrogens with zero attached hydrogens (tertiary/aromatic N) is 2. The lowest BCUT2D eigenvalue weighted by Crippen LogP contribution is -2.16. The summed E-state index contributed by atoms with van der Waals surface area (Å²) in [6, 6.07) is 6.00. The van der Waals surface area contributed by atoms with Crippen molar-refractivity contribution in [3.8, 4) is 5.88 Å². The van der Waals surface area contributed by atoms with Crippen LogP contribution in [0.2, 0.25) is 0 Å². The molecule has 2 aromatic rings. The number of aromatic nitrogens is 2. The molecule has 2 unspecified atom stereocenters. The molecule has 0 bridgehead atoms. The molecule has 1 N–H and O–H groups in total. The lowest BCUT2D eigenvalue weighted by Gasteiger charge is -2.13. The molecule has 194 valence electrons. The van der Waals surface area contributed by atoms with Crippen molar-refractivity contribution in [1.82, 2.24) is 9.97 Å². The van der Waals surface area contributed by atoms with Crippen molar-refractivity contribution >= 4 is 27.1 Å². The summed E-state index contributed by atoms with van der Waals surface area (Å²) >= 11 is 0. The Bertz CT molecular complexity index is 1180. The number of methoxy groups -OCH3 is 1. The van der Waals surface area contributed by atoms with Crippen molar-refractivity contribution in [2.45, 2.75) is 54.6 Å². The number of sulfone groups is 1. The molecule has 2 atom stereocenters. The lowest BCUT2D eigenvalue weighted by molar-refractivity contribution is -0.111. The normalized spacial score (nSPS) is 22.4. The second-order valence-corrected chi connectivity index (χ2v) is 11.2. The van der Waals surface area contributed by atoms with Crippen molar-refractivity contribution in [2.75, 3.05) is 25.6 Å². The molecule has 0 spiro atoms. The van der Waals surface area contributed by atoms with Gasteiger partial charge in [0.05, 0.1) is 29.1 Å². The summed E-state index contributed by atoms with van der Waals surface area (Å²) in [5.74, 6) is -0.560. The second kappa shape index (κ2) is 11.4. The van der Waals surface area contributed by atoms with Gasteiger partial charge in [-0.2, -0.15) is 0 Å². The van der Waals surface area contributed by atoms with E-state index in [0.29, 0.717) is 43.9 Å². The lowest BCUT2D eigenvalue weighted by atomic mass is 9.98. The molecule has 0 radical (unpaired) electrons. The first-order valence-corrected chi connectivity index (χ1v) is 13.4. The van der Waals surface area contributed by atoms with E-state index in [-0.39, 0.29) is 34.4 Å². The first kappa shape index (κ1) is 26.2. The number of hydrogen-bond acceptors (Lipinski definition) is 7. The SMILES string of the molecule is COCCCOc1cnc(NC(=O)/C(=C/C2CC(F)C(F)C2)c2ccc(S(=O)(=O)C3CC3)cc2)cn1. The van der Waals surface area contributed by atoms with Crippen molar-refractivity contribution in [2.24, 2.45) is 5.92 Å². The van der Waals surface area contributed by atoms with Gasteiger partial charge in [-0.1, -0.05) is 18.2 Å². The molecule has 11 heteroatoms. The van der Waals surface area contributed by atoms with Crippen LogP contribution < -0.4 is 10.1 Å². The Balaban J connectivity index is 1.51. The number of carbonyl (C=O) groups is 1. The minimum atomic E-state index is -3.38. The van der Waals surface area contributed by atoms with Gasteiger partial charge in [-0.05, 0) is 49.3 Å². The van der Waals surface area contributed by atoms with Crippen molar-refractivity contribution in [3.05, 3.63) is 48.3 Å². The number of rotatable bonds is 11. The fourth-order valence-electron chi connectivity index (χ4n) is 4.06. The van der Waals surface area contributed by atoms with Crippen molar-refractivity contribution < 1.29 is 31.5 Å². The number of benzene rings is 1. The number of hydrogen-bond donors (Lipinski definition) is 1. The van der Waals surface area contributed by atoms with Crippen LogP contribution in [0.5, 0.6) is 5.88 Å². The maximum atomic E-state index is 13.8. The molecule has 2 aliphatic rings. The molecule has 1 aromatic carbocycles. The Morgan fingerprint density at radius 1 is 1.08 bits per heavy atom. The zero-order valence-corrected chi connectivity index (χ0v) is 20.7. The van der Waals surface area contributed by atoms with Crippen LogP contribution in [0.3, 0.4) is 0 Å². The summed E-state index contributed by atoms with van der Waals surface area (Å²) in [6.45, 7) is 0.956. The molecule has 36 heavy (non-hydrogen) atoms. The number of anilines is 1. The van der Waals surface area contributed by atoms with Gasteiger partial charge in [0.2, 0.25) is 5.88 Å². The maximum Gasteiger partial charge on any atom is 0.257 e. The molecule has 2 fully saturated rings. The molecule has 8 nitrogen and oxygen atoms in total. The quantitative estimate of drug-likeness (QED) is 0.353. The van der Waals surface area contributed by atoms with Crippen LogP contribution >= 0.6 is 0 Å². The van der Waals surface area contributed by atoms with Gasteiger partial charge in [0, 0.05) is 25.7 Å². The Kier molecular flexibility index (Phi) is 8.30. The number of amides is 1. The van der Waals surface area contributed by atoms with E-state index >= 15 is 0 Å². The molecule has 0 saturated heterocycles. The van der Waals surface area contributed by atoms with E-state index in [1.165, 1.54) is 36.7 Å². The van der Waals surface area contributed by atoms with Crippen molar-refractivity contribution in [3.63, 3.8) is 0 Å². The minimum Gasteiger partial charge on any atom is -0.476 e. The number of halogens is 2. The Morgan fingerprint density at radius 2 is 1.78 bits per heavy atom. The summed E-state index contributed by atoms with van der Waals surface area (Å²) in [5.41, 5.74) is 0.615. The van der Waals surface area contributed by atoms with Gasteiger partial charge in [-0.25, -0.2) is 27.2 Å². The molecular formula is C25H29F2N3O5S. The third kappa shape index (κ3) is 6.44. The fraction of sp³-hybridized carbons (Fsp3) is 0.480. The highest BCUT2D eigenvalue weighted by Gasteiger charge is 2.37. The number of nitrogens with one attached hydrogen (secondary N) is 1. The summed E-state index contributed by atoms with van der Waals surface area (Å²) in [6.07, 6.45) is 3.03. The highest BCUT2D eigenvalue weighted by Crippen LogP contribution is 2.36. The number of ether oxygens (including phenoxy) is 2. The highest BCUT2D eigenvalue weighted by atomic mass is 32.2. The van der Waals surface area contributed by atoms with E-state index in [4.69, 9.17) is 9.47 Å². The molecular weight excluding hydrogens is 492 g/mol. The topological polar surface area (TPSA) is 107 Å². The zero-order valence-electron chi connectivity index (χ0n) is 19.9. The van der Waals surface area contributed by atoms with Gasteiger partial charge < -0.3 is 14.8 Å². The maximum absolute atomic E-state index is 13.8. The predicted molar refractivity (Wildman–Crippen MR) is 130 cm³/mol. The van der Waals surface area contributed by atoms with Crippen molar-refractivity contribution in [1.29, 1.82) is 0 Å². The highest BCUT2D eigenvalue weighted by molar-refractivity contribution is 7.92. The number of alkyl halides is 2. The van der Waals surface area contributed by atoms with Crippen LogP contribution in [0.1, 0.15) is 37.7 Å². The van der Waals surface area contributed by atoms with E-state index in [2.05, 4.69) is 15.3 Å².